The number of rotatable bonds is 9. The van der Waals surface area contributed by atoms with Crippen molar-refractivity contribution < 1.29 is 9.84 Å². The molecule has 46 heavy (non-hydrogen) atoms. The van der Waals surface area contributed by atoms with Crippen LogP contribution < -0.4 is 10.1 Å². The smallest absolute Gasteiger partial charge is 0.150 e. The minimum absolute atomic E-state index is 0.0737. The molecule has 6 aromatic carbocycles. The van der Waals surface area contributed by atoms with Crippen LogP contribution in [0.15, 0.2) is 152 Å². The van der Waals surface area contributed by atoms with Crippen LogP contribution in [0.2, 0.25) is 0 Å². The van der Waals surface area contributed by atoms with Gasteiger partial charge >= 0.3 is 0 Å². The number of phenols is 1. The first kappa shape index (κ1) is 29.8. The highest BCUT2D eigenvalue weighted by atomic mass is 16.5. The predicted molar refractivity (Wildman–Crippen MR) is 183 cm³/mol. The summed E-state index contributed by atoms with van der Waals surface area (Å²) in [7, 11) is 1.64. The number of aromatic hydroxyl groups is 1. The molecule has 0 aliphatic rings. The number of nitrogens with one attached hydrogen (secondary N) is 1. The van der Waals surface area contributed by atoms with Gasteiger partial charge < -0.3 is 15.2 Å². The molecule has 0 spiro atoms. The molecule has 0 aromatic heterocycles. The molecule has 9 heteroatoms. The summed E-state index contributed by atoms with van der Waals surface area (Å²) in [4.78, 5) is 0. The Hall–Kier alpha value is -6.22. The number of anilines is 2. The first-order valence-electron chi connectivity index (χ1n) is 14.6. The number of fused-ring (bicyclic) bond motifs is 1. The molecule has 6 aromatic rings. The normalized spacial score (nSPS) is 11.6. The van der Waals surface area contributed by atoms with Gasteiger partial charge in [-0.25, -0.2) is 0 Å². The summed E-state index contributed by atoms with van der Waals surface area (Å²) < 4.78 is 5.23. The maximum absolute atomic E-state index is 11.0. The highest BCUT2D eigenvalue weighted by molar-refractivity contribution is 5.94. The molecule has 0 unspecified atom stereocenters. The molecule has 0 fully saturated rings. The lowest BCUT2D eigenvalue weighted by atomic mass is 10.1. The van der Waals surface area contributed by atoms with Crippen LogP contribution in [-0.2, 0) is 0 Å². The lowest BCUT2D eigenvalue weighted by Crippen LogP contribution is -1.90. The second kappa shape index (κ2) is 13.6. The predicted octanol–water partition coefficient (Wildman–Crippen LogP) is 12.2. The zero-order valence-electron chi connectivity index (χ0n) is 25.6. The number of ether oxygens (including phenoxy) is 1. The molecule has 0 radical (unpaired) electrons. The van der Waals surface area contributed by atoms with E-state index < -0.39 is 0 Å². The summed E-state index contributed by atoms with van der Waals surface area (Å²) in [5.74, 6) is 0.869. The molecule has 0 atom stereocenters. The van der Waals surface area contributed by atoms with Crippen LogP contribution in [0, 0.1) is 13.8 Å². The van der Waals surface area contributed by atoms with Crippen molar-refractivity contribution >= 4 is 56.3 Å². The molecule has 226 valence electrons. The Morgan fingerprint density at radius 1 is 0.522 bits per heavy atom. The van der Waals surface area contributed by atoms with E-state index in [1.165, 1.54) is 0 Å². The number of methoxy groups -OCH3 is 1. The second-order valence-electron chi connectivity index (χ2n) is 10.6. The Labute approximate surface area is 266 Å². The van der Waals surface area contributed by atoms with Gasteiger partial charge in [-0.2, -0.15) is 25.6 Å². The molecule has 0 heterocycles. The Kier molecular flexibility index (Phi) is 8.83. The van der Waals surface area contributed by atoms with Crippen LogP contribution in [0.4, 0.5) is 45.5 Å². The maximum atomic E-state index is 11.0. The molecule has 0 amide bonds. The van der Waals surface area contributed by atoms with Crippen molar-refractivity contribution in [3.05, 3.63) is 132 Å². The van der Waals surface area contributed by atoms with E-state index in [0.717, 1.165) is 50.7 Å². The van der Waals surface area contributed by atoms with E-state index in [1.54, 1.807) is 13.2 Å². The molecular formula is C37H31N7O2. The van der Waals surface area contributed by atoms with E-state index in [2.05, 4.69) is 36.0 Å². The van der Waals surface area contributed by atoms with Crippen molar-refractivity contribution in [2.24, 2.45) is 30.7 Å². The second-order valence-corrected chi connectivity index (χ2v) is 10.6. The van der Waals surface area contributed by atoms with Gasteiger partial charge in [0.2, 0.25) is 0 Å². The largest absolute Gasteiger partial charge is 0.505 e. The van der Waals surface area contributed by atoms with E-state index in [1.807, 2.05) is 129 Å². The van der Waals surface area contributed by atoms with Gasteiger partial charge in [0.15, 0.2) is 5.75 Å². The molecule has 0 saturated heterocycles. The maximum Gasteiger partial charge on any atom is 0.150 e. The van der Waals surface area contributed by atoms with Gasteiger partial charge in [0.25, 0.3) is 0 Å². The minimum atomic E-state index is 0.0737. The van der Waals surface area contributed by atoms with Crippen LogP contribution in [0.3, 0.4) is 0 Å². The lowest BCUT2D eigenvalue weighted by Gasteiger charge is -2.10. The third-order valence-electron chi connectivity index (χ3n) is 7.29. The van der Waals surface area contributed by atoms with Crippen LogP contribution in [0.5, 0.6) is 11.5 Å². The van der Waals surface area contributed by atoms with Crippen LogP contribution >= 0.6 is 0 Å². The number of aryl methyl sites for hydroxylation is 2. The summed E-state index contributed by atoms with van der Waals surface area (Å²) in [6.45, 7) is 3.89. The average molecular weight is 606 g/mol. The van der Waals surface area contributed by atoms with Crippen molar-refractivity contribution in [2.75, 3.05) is 12.4 Å². The molecule has 6 rings (SSSR count). The van der Waals surface area contributed by atoms with E-state index in [0.29, 0.717) is 22.4 Å². The van der Waals surface area contributed by atoms with Gasteiger partial charge in [-0.15, -0.1) is 5.11 Å². The third-order valence-corrected chi connectivity index (χ3v) is 7.29. The SMILES string of the molecule is COc1ccc(Nc2ccc3c(O)c(N=Nc4cc(C)c(N=Nc5ccc(N=Nc6ccccc6)cc5)cc4C)ccc3c2)cc1. The van der Waals surface area contributed by atoms with Crippen molar-refractivity contribution in [3.8, 4) is 11.5 Å². The van der Waals surface area contributed by atoms with Gasteiger partial charge in [0.1, 0.15) is 11.4 Å². The Bertz CT molecular complexity index is 2070. The Balaban J connectivity index is 1.13. The number of hydrogen-bond acceptors (Lipinski definition) is 9. The molecule has 9 nitrogen and oxygen atoms in total. The number of benzene rings is 6. The summed E-state index contributed by atoms with van der Waals surface area (Å²) in [5, 5.41) is 42.1. The van der Waals surface area contributed by atoms with Gasteiger partial charge in [-0.3, -0.25) is 0 Å². The van der Waals surface area contributed by atoms with Crippen molar-refractivity contribution in [1.82, 2.24) is 0 Å². The van der Waals surface area contributed by atoms with Gasteiger partial charge in [-0.05, 0) is 127 Å². The number of phenolic OH excluding ortho intramolecular Hbond substituents is 1. The van der Waals surface area contributed by atoms with Gasteiger partial charge in [0.05, 0.1) is 35.5 Å². The summed E-state index contributed by atoms with van der Waals surface area (Å²) in [5.41, 5.74) is 7.65. The highest BCUT2D eigenvalue weighted by Crippen LogP contribution is 2.38. The highest BCUT2D eigenvalue weighted by Gasteiger charge is 2.09. The lowest BCUT2D eigenvalue weighted by molar-refractivity contribution is 0.415. The van der Waals surface area contributed by atoms with E-state index >= 15 is 0 Å². The fourth-order valence-corrected chi connectivity index (χ4v) is 4.72. The van der Waals surface area contributed by atoms with E-state index in [-0.39, 0.29) is 5.75 Å². The minimum Gasteiger partial charge on any atom is -0.505 e. The molecule has 0 saturated carbocycles. The summed E-state index contributed by atoms with van der Waals surface area (Å²) >= 11 is 0. The average Bonchev–Trinajstić information content (AvgIpc) is 3.09. The standard InChI is InChI=1S/C37H31N7O2/c1-24-22-36(25(2)21-35(24)43-41-30-12-10-29(11-13-30)40-39-28-7-5-4-6-8-28)44-42-34-20-9-26-23-31(16-19-33(26)37(34)45)38-27-14-17-32(46-3)18-15-27/h4-23,38,45H,1-3H3. The van der Waals surface area contributed by atoms with Crippen molar-refractivity contribution in [2.45, 2.75) is 13.8 Å². The molecule has 2 N–H and O–H groups in total. The fourth-order valence-electron chi connectivity index (χ4n) is 4.72. The summed E-state index contributed by atoms with van der Waals surface area (Å²) in [6.07, 6.45) is 0. The van der Waals surface area contributed by atoms with Crippen molar-refractivity contribution in [3.63, 3.8) is 0 Å². The first-order valence-corrected chi connectivity index (χ1v) is 14.6. The van der Waals surface area contributed by atoms with Crippen LogP contribution in [-0.4, -0.2) is 12.2 Å². The number of hydrogen-bond donors (Lipinski definition) is 2. The van der Waals surface area contributed by atoms with Crippen LogP contribution in [0.1, 0.15) is 11.1 Å². The zero-order valence-corrected chi connectivity index (χ0v) is 25.6. The van der Waals surface area contributed by atoms with Gasteiger partial charge in [-0.1, -0.05) is 24.3 Å². The first-order chi connectivity index (χ1) is 22.4. The molecule has 0 bridgehead atoms. The monoisotopic (exact) mass is 605 g/mol. The van der Waals surface area contributed by atoms with E-state index in [4.69, 9.17) is 4.74 Å². The summed E-state index contributed by atoms with van der Waals surface area (Å²) in [6, 6.07) is 38.0. The number of nitrogens with zero attached hydrogens (tertiary/aromatic N) is 6. The fraction of sp³-hybridized carbons (Fsp3) is 0.0811. The third kappa shape index (κ3) is 7.11. The molecular weight excluding hydrogens is 574 g/mol. The number of azo groups is 3. The molecule has 0 aliphatic heterocycles. The van der Waals surface area contributed by atoms with Gasteiger partial charge in [0, 0.05) is 16.8 Å². The Morgan fingerprint density at radius 2 is 1.07 bits per heavy atom. The zero-order chi connectivity index (χ0) is 31.9. The van der Waals surface area contributed by atoms with E-state index in [9.17, 15) is 5.11 Å². The Morgan fingerprint density at radius 3 is 1.70 bits per heavy atom. The van der Waals surface area contributed by atoms with Crippen LogP contribution in [0.25, 0.3) is 10.8 Å². The quantitative estimate of drug-likeness (QED) is 0.160. The molecule has 0 aliphatic carbocycles. The topological polar surface area (TPSA) is 116 Å². The van der Waals surface area contributed by atoms with Crippen molar-refractivity contribution in [1.29, 1.82) is 0 Å².